The number of hydrogen-bond acceptors (Lipinski definition) is 6. The number of hydrogen-bond donors (Lipinski definition) is 2. The lowest BCUT2D eigenvalue weighted by Crippen LogP contribution is -2.33. The molecule has 2 aromatic carbocycles. The molecule has 0 saturated heterocycles. The van der Waals surface area contributed by atoms with Crippen LogP contribution in [0.3, 0.4) is 0 Å². The van der Waals surface area contributed by atoms with Gasteiger partial charge in [0, 0.05) is 22.2 Å². The summed E-state index contributed by atoms with van der Waals surface area (Å²) in [6.45, 7) is -0.280. The normalized spacial score (nSPS) is 18.1. The smallest absolute Gasteiger partial charge is 0.329 e. The maximum atomic E-state index is 10.9. The molecule has 2 atom stereocenters. The van der Waals surface area contributed by atoms with Gasteiger partial charge in [-0.2, -0.15) is 0 Å². The molecule has 5 rings (SSSR count). The predicted molar refractivity (Wildman–Crippen MR) is 131 cm³/mol. The van der Waals surface area contributed by atoms with Crippen molar-refractivity contribution >= 4 is 34.5 Å². The largest absolute Gasteiger partial charge is 0.480 e. The summed E-state index contributed by atoms with van der Waals surface area (Å²) in [5.74, 6) is 0.449. The van der Waals surface area contributed by atoms with Gasteiger partial charge in [-0.1, -0.05) is 54.1 Å². The summed E-state index contributed by atoms with van der Waals surface area (Å²) >= 11 is 6.16. The summed E-state index contributed by atoms with van der Waals surface area (Å²) in [6.07, 6.45) is 4.84. The first kappa shape index (κ1) is 22.4. The molecule has 2 heterocycles. The lowest BCUT2D eigenvalue weighted by atomic mass is 9.92. The maximum Gasteiger partial charge on any atom is 0.329 e. The molecule has 0 amide bonds. The number of halogens is 1. The van der Waals surface area contributed by atoms with Crippen molar-refractivity contribution in [2.45, 2.75) is 37.8 Å². The van der Waals surface area contributed by atoms with E-state index in [1.54, 1.807) is 0 Å². The second-order valence-electron chi connectivity index (χ2n) is 8.42. The molecule has 0 unspecified atom stereocenters. The number of anilines is 1. The van der Waals surface area contributed by atoms with E-state index in [0.29, 0.717) is 28.7 Å². The molecule has 34 heavy (non-hydrogen) atoms. The molecule has 2 aromatic heterocycles. The SMILES string of the molecule is O=C(O)CO[C@H]1CCC[C@H](Nc2ncnc3oc(-c4ccccc4)c(-c4ccc(Cl)cc4)c23)C1. The van der Waals surface area contributed by atoms with Gasteiger partial charge >= 0.3 is 5.97 Å². The first-order chi connectivity index (χ1) is 16.6. The minimum atomic E-state index is -0.952. The Hall–Kier alpha value is -3.42. The third-order valence-corrected chi connectivity index (χ3v) is 6.32. The first-order valence-corrected chi connectivity index (χ1v) is 11.6. The van der Waals surface area contributed by atoms with Gasteiger partial charge < -0.3 is 19.6 Å². The van der Waals surface area contributed by atoms with Crippen LogP contribution in [0.15, 0.2) is 65.3 Å². The maximum absolute atomic E-state index is 10.9. The Morgan fingerprint density at radius 2 is 1.88 bits per heavy atom. The number of furan rings is 1. The van der Waals surface area contributed by atoms with Crippen molar-refractivity contribution in [2.24, 2.45) is 0 Å². The minimum absolute atomic E-state index is 0.0961. The van der Waals surface area contributed by atoms with Gasteiger partial charge in [0.1, 0.15) is 24.5 Å². The number of nitrogens with zero attached hydrogens (tertiary/aromatic N) is 2. The van der Waals surface area contributed by atoms with Crippen molar-refractivity contribution in [3.8, 4) is 22.5 Å². The van der Waals surface area contributed by atoms with Crippen LogP contribution in [-0.2, 0) is 9.53 Å². The Kier molecular flexibility index (Phi) is 6.47. The quantitative estimate of drug-likeness (QED) is 0.335. The third-order valence-electron chi connectivity index (χ3n) is 6.07. The van der Waals surface area contributed by atoms with Gasteiger partial charge in [-0.05, 0) is 43.4 Å². The number of carboxylic acids is 1. The van der Waals surface area contributed by atoms with Gasteiger partial charge in [-0.25, -0.2) is 14.8 Å². The summed E-state index contributed by atoms with van der Waals surface area (Å²) in [4.78, 5) is 19.9. The summed E-state index contributed by atoms with van der Waals surface area (Å²) in [5.41, 5.74) is 3.29. The second kappa shape index (κ2) is 9.83. The van der Waals surface area contributed by atoms with Crippen LogP contribution in [0.25, 0.3) is 33.6 Å². The molecule has 0 bridgehead atoms. The highest BCUT2D eigenvalue weighted by molar-refractivity contribution is 6.30. The molecule has 4 aromatic rings. The zero-order chi connectivity index (χ0) is 23.5. The van der Waals surface area contributed by atoms with E-state index < -0.39 is 5.97 Å². The van der Waals surface area contributed by atoms with Gasteiger partial charge in [0.25, 0.3) is 0 Å². The predicted octanol–water partition coefficient (Wildman–Crippen LogP) is 6.03. The lowest BCUT2D eigenvalue weighted by molar-refractivity contribution is -0.145. The van der Waals surface area contributed by atoms with E-state index in [1.807, 2.05) is 54.6 Å². The van der Waals surface area contributed by atoms with Crippen LogP contribution in [0.4, 0.5) is 5.82 Å². The number of nitrogens with one attached hydrogen (secondary N) is 1. The monoisotopic (exact) mass is 477 g/mol. The number of carboxylic acid groups (broad SMARTS) is 1. The van der Waals surface area contributed by atoms with E-state index in [0.717, 1.165) is 41.3 Å². The molecule has 1 fully saturated rings. The number of rotatable bonds is 7. The van der Waals surface area contributed by atoms with Gasteiger partial charge in [0.2, 0.25) is 5.71 Å². The van der Waals surface area contributed by atoms with Crippen molar-refractivity contribution in [1.82, 2.24) is 9.97 Å². The highest BCUT2D eigenvalue weighted by Gasteiger charge is 2.27. The number of aliphatic carboxylic acids is 1. The molecule has 1 aliphatic rings. The fourth-order valence-corrected chi connectivity index (χ4v) is 4.66. The molecule has 7 nitrogen and oxygen atoms in total. The molecule has 0 aliphatic heterocycles. The van der Waals surface area contributed by atoms with Crippen LogP contribution in [0.5, 0.6) is 0 Å². The van der Waals surface area contributed by atoms with E-state index in [-0.39, 0.29) is 18.8 Å². The van der Waals surface area contributed by atoms with Gasteiger partial charge in [0.05, 0.1) is 11.5 Å². The van der Waals surface area contributed by atoms with Crippen molar-refractivity contribution in [2.75, 3.05) is 11.9 Å². The number of carbonyl (C=O) groups is 1. The third kappa shape index (κ3) is 4.76. The first-order valence-electron chi connectivity index (χ1n) is 11.3. The molecule has 174 valence electrons. The van der Waals surface area contributed by atoms with E-state index in [9.17, 15) is 4.79 Å². The molecular weight excluding hydrogens is 454 g/mol. The van der Waals surface area contributed by atoms with Crippen LogP contribution in [0.2, 0.25) is 5.02 Å². The topological polar surface area (TPSA) is 97.5 Å². The fourth-order valence-electron chi connectivity index (χ4n) is 4.54. The Morgan fingerprint density at radius 3 is 2.65 bits per heavy atom. The van der Waals surface area contributed by atoms with Crippen molar-refractivity contribution < 1.29 is 19.1 Å². The second-order valence-corrected chi connectivity index (χ2v) is 8.85. The lowest BCUT2D eigenvalue weighted by Gasteiger charge is -2.29. The van der Waals surface area contributed by atoms with E-state index in [2.05, 4.69) is 15.3 Å². The summed E-state index contributed by atoms with van der Waals surface area (Å²) in [5, 5.41) is 14.0. The molecule has 1 saturated carbocycles. The molecule has 1 aliphatic carbocycles. The van der Waals surface area contributed by atoms with Crippen LogP contribution >= 0.6 is 11.6 Å². The van der Waals surface area contributed by atoms with Crippen LogP contribution in [0, 0.1) is 0 Å². The number of aromatic nitrogens is 2. The molecular formula is C26H24ClN3O4. The van der Waals surface area contributed by atoms with E-state index >= 15 is 0 Å². The van der Waals surface area contributed by atoms with Gasteiger partial charge in [-0.3, -0.25) is 0 Å². The van der Waals surface area contributed by atoms with Crippen molar-refractivity contribution in [1.29, 1.82) is 0 Å². The Balaban J connectivity index is 1.55. The number of ether oxygens (including phenoxy) is 1. The average molecular weight is 478 g/mol. The van der Waals surface area contributed by atoms with Gasteiger partial charge in [0.15, 0.2) is 0 Å². The Bertz CT molecular complexity index is 1290. The highest BCUT2D eigenvalue weighted by Crippen LogP contribution is 2.43. The fraction of sp³-hybridized carbons (Fsp3) is 0.269. The van der Waals surface area contributed by atoms with E-state index in [4.69, 9.17) is 25.9 Å². The Morgan fingerprint density at radius 1 is 1.09 bits per heavy atom. The number of fused-ring (bicyclic) bond motifs is 1. The minimum Gasteiger partial charge on any atom is -0.480 e. The molecule has 0 spiro atoms. The van der Waals surface area contributed by atoms with Gasteiger partial charge in [-0.15, -0.1) is 0 Å². The van der Waals surface area contributed by atoms with Crippen LogP contribution in [0.1, 0.15) is 25.7 Å². The van der Waals surface area contributed by atoms with Crippen molar-refractivity contribution in [3.63, 3.8) is 0 Å². The van der Waals surface area contributed by atoms with Crippen LogP contribution in [-0.4, -0.2) is 39.8 Å². The summed E-state index contributed by atoms with van der Waals surface area (Å²) in [7, 11) is 0. The highest BCUT2D eigenvalue weighted by atomic mass is 35.5. The van der Waals surface area contributed by atoms with Crippen molar-refractivity contribution in [3.05, 3.63) is 65.9 Å². The molecule has 0 radical (unpaired) electrons. The Labute approximate surface area is 201 Å². The standard InChI is InChI=1S/C26H24ClN3O4/c27-18-11-9-16(10-12-18)22-23-25(30-19-7-4-8-20(13-19)33-14-21(31)32)28-15-29-26(23)34-24(22)17-5-2-1-3-6-17/h1-3,5-6,9-12,15,19-20H,4,7-8,13-14H2,(H,31,32)(H,28,29,30)/t19-,20-/m0/s1. The van der Waals surface area contributed by atoms with E-state index in [1.165, 1.54) is 6.33 Å². The zero-order valence-corrected chi connectivity index (χ0v) is 19.2. The number of benzene rings is 2. The zero-order valence-electron chi connectivity index (χ0n) is 18.4. The summed E-state index contributed by atoms with van der Waals surface area (Å²) in [6, 6.07) is 17.6. The molecule has 2 N–H and O–H groups in total. The molecule has 8 heteroatoms. The van der Waals surface area contributed by atoms with Crippen LogP contribution < -0.4 is 5.32 Å². The average Bonchev–Trinajstić information content (AvgIpc) is 3.25. The summed E-state index contributed by atoms with van der Waals surface area (Å²) < 4.78 is 11.8.